The van der Waals surface area contributed by atoms with Crippen molar-refractivity contribution in [2.24, 2.45) is 23.0 Å². The van der Waals surface area contributed by atoms with Gasteiger partial charge in [0.2, 0.25) is 0 Å². The molecule has 4 atom stereocenters. The second-order valence-electron chi connectivity index (χ2n) is 6.39. The molecule has 1 heterocycles. The van der Waals surface area contributed by atoms with Gasteiger partial charge in [0.05, 0.1) is 30.2 Å². The van der Waals surface area contributed by atoms with E-state index in [1.807, 2.05) is 19.1 Å². The molecule has 1 aromatic heterocycles. The molecule has 0 aliphatic heterocycles. The second-order valence-corrected chi connectivity index (χ2v) is 7.71. The summed E-state index contributed by atoms with van der Waals surface area (Å²) in [5, 5.41) is 29.4. The van der Waals surface area contributed by atoms with Crippen molar-refractivity contribution in [2.75, 3.05) is 0 Å². The monoisotopic (exact) mass is 322 g/mol. The number of hydrogen-bond donors (Lipinski definition) is 1. The molecule has 2 N–H and O–H groups in total. The summed E-state index contributed by atoms with van der Waals surface area (Å²) in [6.45, 7) is 2.02. The molecule has 116 valence electrons. The van der Waals surface area contributed by atoms with Crippen molar-refractivity contribution >= 4 is 11.3 Å². The standard InChI is InChI=1S/C18H18N4S/c1-11-6-7-15(23-11)16-13-5-3-2-4-12(13)14(8-19)17(22)18(16,9-20)10-21/h4,6-7,13-14,16-17H,2-3,5,22H2,1H3/t13-,14-,16+,17-/m0/s1. The Kier molecular flexibility index (Phi) is 3.99. The maximum absolute atomic E-state index is 9.88. The normalized spacial score (nSPS) is 31.9. The Balaban J connectivity index is 2.23. The van der Waals surface area contributed by atoms with E-state index in [0.29, 0.717) is 0 Å². The van der Waals surface area contributed by atoms with Crippen LogP contribution in [-0.2, 0) is 0 Å². The molecule has 4 nitrogen and oxygen atoms in total. The Hall–Kier alpha value is -2.13. The Morgan fingerprint density at radius 3 is 2.57 bits per heavy atom. The lowest BCUT2D eigenvalue weighted by Gasteiger charge is -2.48. The zero-order valence-electron chi connectivity index (χ0n) is 13.0. The highest BCUT2D eigenvalue weighted by Gasteiger charge is 2.58. The van der Waals surface area contributed by atoms with Gasteiger partial charge in [-0.1, -0.05) is 11.6 Å². The van der Waals surface area contributed by atoms with Crippen molar-refractivity contribution < 1.29 is 0 Å². The first-order chi connectivity index (χ1) is 11.1. The molecule has 2 aliphatic carbocycles. The van der Waals surface area contributed by atoms with Gasteiger partial charge in [-0.05, 0) is 44.2 Å². The van der Waals surface area contributed by atoms with Gasteiger partial charge in [0, 0.05) is 15.7 Å². The molecular weight excluding hydrogens is 304 g/mol. The number of nitriles is 3. The highest BCUT2D eigenvalue weighted by Crippen LogP contribution is 2.57. The lowest BCUT2D eigenvalue weighted by atomic mass is 9.53. The van der Waals surface area contributed by atoms with Crippen molar-refractivity contribution in [1.29, 1.82) is 15.8 Å². The lowest BCUT2D eigenvalue weighted by Crippen LogP contribution is -2.55. The third kappa shape index (κ3) is 2.19. The van der Waals surface area contributed by atoms with Crippen LogP contribution in [0, 0.1) is 58.2 Å². The summed E-state index contributed by atoms with van der Waals surface area (Å²) in [4.78, 5) is 2.19. The van der Waals surface area contributed by atoms with E-state index in [9.17, 15) is 15.8 Å². The Morgan fingerprint density at radius 2 is 2.00 bits per heavy atom. The van der Waals surface area contributed by atoms with E-state index in [4.69, 9.17) is 5.73 Å². The summed E-state index contributed by atoms with van der Waals surface area (Å²) in [7, 11) is 0. The molecule has 1 aromatic rings. The van der Waals surface area contributed by atoms with Gasteiger partial charge in [-0.15, -0.1) is 11.3 Å². The molecule has 0 radical (unpaired) electrons. The van der Waals surface area contributed by atoms with Gasteiger partial charge >= 0.3 is 0 Å². The molecule has 0 unspecified atom stereocenters. The number of aryl methyl sites for hydroxylation is 1. The van der Waals surface area contributed by atoms with Crippen molar-refractivity contribution in [2.45, 2.75) is 38.1 Å². The van der Waals surface area contributed by atoms with E-state index in [-0.39, 0.29) is 11.8 Å². The molecule has 3 rings (SSSR count). The average molecular weight is 322 g/mol. The quantitative estimate of drug-likeness (QED) is 0.801. The first-order valence-electron chi connectivity index (χ1n) is 7.83. The third-order valence-electron chi connectivity index (χ3n) is 5.24. The molecule has 0 bridgehead atoms. The Labute approximate surface area is 140 Å². The molecular formula is C18H18N4S. The SMILES string of the molecule is Cc1ccc([C@H]2[C@H]3CCCC=C3[C@H](C#N)[C@H](N)C2(C#N)C#N)s1. The number of fused-ring (bicyclic) bond motifs is 1. The molecule has 0 aromatic carbocycles. The first-order valence-corrected chi connectivity index (χ1v) is 8.64. The van der Waals surface area contributed by atoms with E-state index in [1.54, 1.807) is 11.3 Å². The molecule has 0 amide bonds. The van der Waals surface area contributed by atoms with Crippen LogP contribution in [0.4, 0.5) is 0 Å². The van der Waals surface area contributed by atoms with Crippen molar-refractivity contribution in [3.8, 4) is 18.2 Å². The minimum absolute atomic E-state index is 0.0607. The van der Waals surface area contributed by atoms with Gasteiger partial charge in [-0.3, -0.25) is 0 Å². The molecule has 0 spiro atoms. The topological polar surface area (TPSA) is 97.4 Å². The fourth-order valence-corrected chi connectivity index (χ4v) is 5.27. The van der Waals surface area contributed by atoms with Crippen LogP contribution in [0.1, 0.15) is 34.9 Å². The van der Waals surface area contributed by atoms with Gasteiger partial charge in [-0.2, -0.15) is 15.8 Å². The first kappa shape index (κ1) is 15.8. The summed E-state index contributed by atoms with van der Waals surface area (Å²) in [5.74, 6) is -0.732. The minimum Gasteiger partial charge on any atom is -0.324 e. The molecule has 2 aliphatic rings. The smallest absolute Gasteiger partial charge is 0.168 e. The fraction of sp³-hybridized carbons (Fsp3) is 0.500. The van der Waals surface area contributed by atoms with Gasteiger partial charge in [0.1, 0.15) is 0 Å². The summed E-state index contributed by atoms with van der Waals surface area (Å²) in [5.41, 5.74) is 6.02. The highest BCUT2D eigenvalue weighted by atomic mass is 32.1. The average Bonchev–Trinajstić information content (AvgIpc) is 3.00. The predicted octanol–water partition coefficient (Wildman–Crippen LogP) is 3.38. The van der Waals surface area contributed by atoms with Gasteiger partial charge in [0.25, 0.3) is 0 Å². The van der Waals surface area contributed by atoms with Crippen LogP contribution < -0.4 is 5.73 Å². The van der Waals surface area contributed by atoms with Crippen molar-refractivity contribution in [3.63, 3.8) is 0 Å². The van der Waals surface area contributed by atoms with Gasteiger partial charge in [-0.25, -0.2) is 0 Å². The second kappa shape index (κ2) is 5.82. The van der Waals surface area contributed by atoms with Gasteiger partial charge < -0.3 is 5.73 Å². The molecule has 0 saturated heterocycles. The van der Waals surface area contributed by atoms with E-state index < -0.39 is 17.4 Å². The zero-order valence-corrected chi connectivity index (χ0v) is 13.8. The van der Waals surface area contributed by atoms with Gasteiger partial charge in [0.15, 0.2) is 5.41 Å². The van der Waals surface area contributed by atoms with Crippen molar-refractivity contribution in [3.05, 3.63) is 33.5 Å². The van der Waals surface area contributed by atoms with Crippen LogP contribution in [-0.4, -0.2) is 6.04 Å². The van der Waals surface area contributed by atoms with E-state index in [0.717, 1.165) is 34.6 Å². The zero-order chi connectivity index (χ0) is 16.6. The van der Waals surface area contributed by atoms with E-state index >= 15 is 0 Å². The van der Waals surface area contributed by atoms with E-state index in [1.165, 1.54) is 0 Å². The van der Waals surface area contributed by atoms with Crippen LogP contribution in [0.3, 0.4) is 0 Å². The minimum atomic E-state index is -1.35. The lowest BCUT2D eigenvalue weighted by molar-refractivity contribution is 0.186. The molecule has 23 heavy (non-hydrogen) atoms. The summed E-state index contributed by atoms with van der Waals surface area (Å²) in [6.07, 6.45) is 4.99. The number of nitrogens with two attached hydrogens (primary N) is 1. The summed E-state index contributed by atoms with van der Waals surface area (Å²) < 4.78 is 0. The number of rotatable bonds is 1. The van der Waals surface area contributed by atoms with Crippen LogP contribution >= 0.6 is 11.3 Å². The summed E-state index contributed by atoms with van der Waals surface area (Å²) >= 11 is 1.63. The number of thiophene rings is 1. The number of allylic oxidation sites excluding steroid dienone is 1. The maximum Gasteiger partial charge on any atom is 0.168 e. The Morgan fingerprint density at radius 1 is 1.26 bits per heavy atom. The highest BCUT2D eigenvalue weighted by molar-refractivity contribution is 7.12. The van der Waals surface area contributed by atoms with Crippen LogP contribution in [0.15, 0.2) is 23.8 Å². The van der Waals surface area contributed by atoms with Crippen molar-refractivity contribution in [1.82, 2.24) is 0 Å². The van der Waals surface area contributed by atoms with Crippen LogP contribution in [0.5, 0.6) is 0 Å². The third-order valence-corrected chi connectivity index (χ3v) is 6.32. The maximum atomic E-state index is 9.88. The van der Waals surface area contributed by atoms with E-state index in [2.05, 4.69) is 24.3 Å². The number of nitrogens with zero attached hydrogens (tertiary/aromatic N) is 3. The number of hydrogen-bond acceptors (Lipinski definition) is 5. The molecule has 5 heteroatoms. The summed E-state index contributed by atoms with van der Waals surface area (Å²) in [6, 6.07) is 9.94. The fourth-order valence-electron chi connectivity index (χ4n) is 4.15. The van der Waals surface area contributed by atoms with Crippen LogP contribution in [0.25, 0.3) is 0 Å². The Bertz CT molecular complexity index is 756. The predicted molar refractivity (Wildman–Crippen MR) is 88.0 cm³/mol. The van der Waals surface area contributed by atoms with Crippen LogP contribution in [0.2, 0.25) is 0 Å². The molecule has 1 saturated carbocycles. The largest absolute Gasteiger partial charge is 0.324 e. The molecule has 1 fully saturated rings.